The monoisotopic (exact) mass is 248 g/mol. The Kier molecular flexibility index (Phi) is 4.91. The van der Waals surface area contributed by atoms with Gasteiger partial charge in [0.1, 0.15) is 0 Å². The second-order valence-electron chi connectivity index (χ2n) is 5.36. The average molecular weight is 248 g/mol. The molecule has 0 aliphatic heterocycles. The van der Waals surface area contributed by atoms with Gasteiger partial charge in [0.2, 0.25) is 5.91 Å². The lowest BCUT2D eigenvalue weighted by Crippen LogP contribution is -2.44. The Morgan fingerprint density at radius 1 is 1.22 bits per heavy atom. The van der Waals surface area contributed by atoms with E-state index in [0.717, 1.165) is 5.56 Å². The zero-order valence-electron chi connectivity index (χ0n) is 11.9. The smallest absolute Gasteiger partial charge is 0.237 e. The van der Waals surface area contributed by atoms with Crippen molar-refractivity contribution in [2.45, 2.75) is 46.7 Å². The summed E-state index contributed by atoms with van der Waals surface area (Å²) < 4.78 is 0. The van der Waals surface area contributed by atoms with Gasteiger partial charge in [0.25, 0.3) is 0 Å². The molecule has 0 aliphatic rings. The number of carbonyl (C=O) groups excluding carboxylic acids is 1. The molecule has 0 bridgehead atoms. The topological polar surface area (TPSA) is 55.1 Å². The molecule has 1 rings (SSSR count). The molecule has 0 saturated carbocycles. The standard InChI is InChI=1S/C15H24N2O/c1-9(2)14(16)15(18)17-12(5)13-8-10(3)6-7-11(13)4/h6-9,12,14H,16H2,1-5H3,(H,17,18). The number of hydrogen-bond donors (Lipinski definition) is 2. The van der Waals surface area contributed by atoms with Crippen LogP contribution in [0, 0.1) is 19.8 Å². The molecule has 2 atom stereocenters. The highest BCUT2D eigenvalue weighted by Gasteiger charge is 2.20. The molecule has 0 aliphatic carbocycles. The number of nitrogens with two attached hydrogens (primary N) is 1. The fourth-order valence-electron chi connectivity index (χ4n) is 1.92. The van der Waals surface area contributed by atoms with Crippen LogP contribution in [-0.2, 0) is 4.79 Å². The summed E-state index contributed by atoms with van der Waals surface area (Å²) in [6.45, 7) is 10.0. The van der Waals surface area contributed by atoms with E-state index in [9.17, 15) is 4.79 Å². The van der Waals surface area contributed by atoms with Gasteiger partial charge in [-0.1, -0.05) is 37.6 Å². The molecule has 1 aromatic rings. The number of benzene rings is 1. The van der Waals surface area contributed by atoms with Crippen LogP contribution in [0.5, 0.6) is 0 Å². The summed E-state index contributed by atoms with van der Waals surface area (Å²) in [5.74, 6) is 0.0641. The van der Waals surface area contributed by atoms with Crippen molar-refractivity contribution >= 4 is 5.91 Å². The van der Waals surface area contributed by atoms with Gasteiger partial charge in [-0.05, 0) is 37.8 Å². The lowest BCUT2D eigenvalue weighted by Gasteiger charge is -2.21. The van der Waals surface area contributed by atoms with Gasteiger partial charge in [0.05, 0.1) is 12.1 Å². The average Bonchev–Trinajstić information content (AvgIpc) is 2.30. The highest BCUT2D eigenvalue weighted by Crippen LogP contribution is 2.19. The number of nitrogens with one attached hydrogen (secondary N) is 1. The third-order valence-corrected chi connectivity index (χ3v) is 3.28. The summed E-state index contributed by atoms with van der Waals surface area (Å²) in [6.07, 6.45) is 0. The van der Waals surface area contributed by atoms with Crippen LogP contribution >= 0.6 is 0 Å². The van der Waals surface area contributed by atoms with Crippen LogP contribution in [0.25, 0.3) is 0 Å². The third kappa shape index (κ3) is 3.57. The molecule has 0 spiro atoms. The van der Waals surface area contributed by atoms with Crippen molar-refractivity contribution in [3.05, 3.63) is 34.9 Å². The summed E-state index contributed by atoms with van der Waals surface area (Å²) in [5.41, 5.74) is 9.38. The van der Waals surface area contributed by atoms with Crippen molar-refractivity contribution in [2.24, 2.45) is 11.7 Å². The fraction of sp³-hybridized carbons (Fsp3) is 0.533. The van der Waals surface area contributed by atoms with E-state index < -0.39 is 6.04 Å². The number of hydrogen-bond acceptors (Lipinski definition) is 2. The van der Waals surface area contributed by atoms with Crippen molar-refractivity contribution < 1.29 is 4.79 Å². The maximum atomic E-state index is 11.9. The van der Waals surface area contributed by atoms with E-state index in [0.29, 0.717) is 0 Å². The van der Waals surface area contributed by atoms with Gasteiger partial charge in [0.15, 0.2) is 0 Å². The molecule has 3 nitrogen and oxygen atoms in total. The maximum absolute atomic E-state index is 11.9. The molecule has 0 fully saturated rings. The van der Waals surface area contributed by atoms with E-state index >= 15 is 0 Å². The molecule has 3 N–H and O–H groups in total. The number of amides is 1. The number of aryl methyl sites for hydroxylation is 2. The van der Waals surface area contributed by atoms with Gasteiger partial charge >= 0.3 is 0 Å². The van der Waals surface area contributed by atoms with E-state index in [1.165, 1.54) is 11.1 Å². The van der Waals surface area contributed by atoms with E-state index in [4.69, 9.17) is 5.73 Å². The van der Waals surface area contributed by atoms with E-state index in [1.54, 1.807) is 0 Å². The molecule has 1 aromatic carbocycles. The zero-order valence-corrected chi connectivity index (χ0v) is 11.9. The second-order valence-corrected chi connectivity index (χ2v) is 5.36. The fourth-order valence-corrected chi connectivity index (χ4v) is 1.92. The van der Waals surface area contributed by atoms with Gasteiger partial charge in [-0.15, -0.1) is 0 Å². The molecule has 0 saturated heterocycles. The van der Waals surface area contributed by atoms with Crippen molar-refractivity contribution in [1.82, 2.24) is 5.32 Å². The molecule has 0 aromatic heterocycles. The van der Waals surface area contributed by atoms with Crippen LogP contribution in [0.15, 0.2) is 18.2 Å². The molecule has 2 unspecified atom stereocenters. The van der Waals surface area contributed by atoms with E-state index in [1.807, 2.05) is 20.8 Å². The Morgan fingerprint density at radius 3 is 2.39 bits per heavy atom. The minimum absolute atomic E-state index is 0.0119. The predicted octanol–water partition coefficient (Wildman–Crippen LogP) is 2.46. The summed E-state index contributed by atoms with van der Waals surface area (Å²) in [6, 6.07) is 5.81. The van der Waals surface area contributed by atoms with E-state index in [2.05, 4.69) is 37.4 Å². The minimum atomic E-state index is -0.447. The first kappa shape index (κ1) is 14.7. The van der Waals surface area contributed by atoms with Crippen molar-refractivity contribution in [1.29, 1.82) is 0 Å². The lowest BCUT2D eigenvalue weighted by atomic mass is 9.99. The molecule has 3 heteroatoms. The van der Waals surface area contributed by atoms with Crippen LogP contribution in [0.1, 0.15) is 43.5 Å². The Morgan fingerprint density at radius 2 is 1.83 bits per heavy atom. The first-order chi connectivity index (χ1) is 8.32. The van der Waals surface area contributed by atoms with Gasteiger partial charge in [-0.2, -0.15) is 0 Å². The highest BCUT2D eigenvalue weighted by molar-refractivity contribution is 5.82. The van der Waals surface area contributed by atoms with Crippen molar-refractivity contribution in [2.75, 3.05) is 0 Å². The summed E-state index contributed by atoms with van der Waals surface area (Å²) in [5, 5.41) is 2.98. The molecular formula is C15H24N2O. The maximum Gasteiger partial charge on any atom is 0.237 e. The Labute approximate surface area is 110 Å². The van der Waals surface area contributed by atoms with Crippen LogP contribution < -0.4 is 11.1 Å². The largest absolute Gasteiger partial charge is 0.348 e. The molecule has 18 heavy (non-hydrogen) atoms. The minimum Gasteiger partial charge on any atom is -0.348 e. The summed E-state index contributed by atoms with van der Waals surface area (Å²) in [4.78, 5) is 11.9. The second kappa shape index (κ2) is 6.01. The van der Waals surface area contributed by atoms with E-state index in [-0.39, 0.29) is 17.9 Å². The molecule has 0 heterocycles. The number of carbonyl (C=O) groups is 1. The molecule has 1 amide bonds. The van der Waals surface area contributed by atoms with Gasteiger partial charge in [0, 0.05) is 0 Å². The lowest BCUT2D eigenvalue weighted by molar-refractivity contribution is -0.123. The van der Waals surface area contributed by atoms with Crippen molar-refractivity contribution in [3.63, 3.8) is 0 Å². The Bertz CT molecular complexity index is 427. The van der Waals surface area contributed by atoms with Gasteiger partial charge < -0.3 is 11.1 Å². The Hall–Kier alpha value is -1.35. The van der Waals surface area contributed by atoms with Crippen LogP contribution in [0.4, 0.5) is 0 Å². The highest BCUT2D eigenvalue weighted by atomic mass is 16.2. The normalized spacial score (nSPS) is 14.4. The molecule has 0 radical (unpaired) electrons. The molecular weight excluding hydrogens is 224 g/mol. The summed E-state index contributed by atoms with van der Waals surface area (Å²) in [7, 11) is 0. The van der Waals surface area contributed by atoms with Gasteiger partial charge in [-0.3, -0.25) is 4.79 Å². The summed E-state index contributed by atoms with van der Waals surface area (Å²) >= 11 is 0. The first-order valence-electron chi connectivity index (χ1n) is 6.46. The third-order valence-electron chi connectivity index (χ3n) is 3.28. The molecule has 100 valence electrons. The number of rotatable bonds is 4. The van der Waals surface area contributed by atoms with Crippen molar-refractivity contribution in [3.8, 4) is 0 Å². The quantitative estimate of drug-likeness (QED) is 0.860. The van der Waals surface area contributed by atoms with Gasteiger partial charge in [-0.25, -0.2) is 0 Å². The predicted molar refractivity (Wildman–Crippen MR) is 75.3 cm³/mol. The Balaban J connectivity index is 2.79. The van der Waals surface area contributed by atoms with Crippen LogP contribution in [0.2, 0.25) is 0 Å². The van der Waals surface area contributed by atoms with Crippen LogP contribution in [-0.4, -0.2) is 11.9 Å². The zero-order chi connectivity index (χ0) is 13.9. The SMILES string of the molecule is Cc1ccc(C)c(C(C)NC(=O)C(N)C(C)C)c1. The van der Waals surface area contributed by atoms with Crippen LogP contribution in [0.3, 0.4) is 0 Å². The first-order valence-corrected chi connectivity index (χ1v) is 6.46.